The summed E-state index contributed by atoms with van der Waals surface area (Å²) in [6.45, 7) is 7.42. The topological polar surface area (TPSA) is 67.4 Å². The predicted octanol–water partition coefficient (Wildman–Crippen LogP) is 4.95. The highest BCUT2D eigenvalue weighted by Crippen LogP contribution is 2.38. The van der Waals surface area contributed by atoms with Gasteiger partial charge < -0.3 is 15.4 Å². The van der Waals surface area contributed by atoms with Crippen LogP contribution in [0.5, 0.6) is 0 Å². The van der Waals surface area contributed by atoms with Gasteiger partial charge in [0.05, 0.1) is 12.2 Å². The Bertz CT molecular complexity index is 952. The first kappa shape index (κ1) is 23.2. The van der Waals surface area contributed by atoms with Crippen LogP contribution in [0, 0.1) is 0 Å². The average Bonchev–Trinajstić information content (AvgIpc) is 3.09. The third kappa shape index (κ3) is 6.05. The first-order valence-corrected chi connectivity index (χ1v) is 11.6. The van der Waals surface area contributed by atoms with E-state index in [2.05, 4.69) is 43.5 Å². The third-order valence-electron chi connectivity index (χ3n) is 5.43. The van der Waals surface area contributed by atoms with Gasteiger partial charge in [0.15, 0.2) is 0 Å². The van der Waals surface area contributed by atoms with Crippen molar-refractivity contribution in [2.45, 2.75) is 51.9 Å². The fourth-order valence-electron chi connectivity index (χ4n) is 3.67. The maximum Gasteiger partial charge on any atom is 0.254 e. The van der Waals surface area contributed by atoms with Crippen LogP contribution in [0.3, 0.4) is 0 Å². The number of ether oxygens (including phenoxy) is 1. The Balaban J connectivity index is 1.73. The van der Waals surface area contributed by atoms with Crippen LogP contribution in [0.2, 0.25) is 0 Å². The number of aryl methyl sites for hydroxylation is 1. The van der Waals surface area contributed by atoms with E-state index in [9.17, 15) is 9.59 Å². The zero-order valence-corrected chi connectivity index (χ0v) is 19.7. The molecule has 1 aliphatic rings. The van der Waals surface area contributed by atoms with E-state index >= 15 is 0 Å². The molecule has 6 heteroatoms. The summed E-state index contributed by atoms with van der Waals surface area (Å²) in [5.74, 6) is -0.377. The van der Waals surface area contributed by atoms with Crippen molar-refractivity contribution in [2.24, 2.45) is 0 Å². The molecule has 0 bridgehead atoms. The molecule has 1 heterocycles. The second-order valence-corrected chi connectivity index (χ2v) is 9.96. The lowest BCUT2D eigenvalue weighted by Gasteiger charge is -2.18. The minimum atomic E-state index is -0.232. The molecule has 1 aromatic carbocycles. The van der Waals surface area contributed by atoms with E-state index in [1.54, 1.807) is 13.2 Å². The first-order chi connectivity index (χ1) is 14.8. The second kappa shape index (κ2) is 10.2. The molecule has 5 nitrogen and oxygen atoms in total. The van der Waals surface area contributed by atoms with E-state index in [1.165, 1.54) is 27.9 Å². The normalized spacial score (nSPS) is 13.8. The van der Waals surface area contributed by atoms with Crippen molar-refractivity contribution in [3.63, 3.8) is 0 Å². The molecule has 166 valence electrons. The highest BCUT2D eigenvalue weighted by molar-refractivity contribution is 7.17. The molecule has 0 unspecified atom stereocenters. The molecule has 31 heavy (non-hydrogen) atoms. The van der Waals surface area contributed by atoms with E-state index in [4.69, 9.17) is 4.74 Å². The van der Waals surface area contributed by atoms with Crippen molar-refractivity contribution >= 4 is 34.2 Å². The first-order valence-electron chi connectivity index (χ1n) is 10.8. The van der Waals surface area contributed by atoms with E-state index in [0.717, 1.165) is 36.8 Å². The quantitative estimate of drug-likeness (QED) is 0.473. The highest BCUT2D eigenvalue weighted by Gasteiger charge is 2.25. The van der Waals surface area contributed by atoms with Gasteiger partial charge in [0, 0.05) is 24.6 Å². The molecule has 2 aromatic rings. The average molecular weight is 441 g/mol. The number of amides is 2. The number of hydrogen-bond donors (Lipinski definition) is 2. The molecule has 0 radical (unpaired) electrons. The highest BCUT2D eigenvalue weighted by atomic mass is 32.1. The summed E-state index contributed by atoms with van der Waals surface area (Å²) in [7, 11) is 1.60. The van der Waals surface area contributed by atoms with Crippen molar-refractivity contribution in [3.05, 3.63) is 57.5 Å². The molecule has 3 rings (SSSR count). The van der Waals surface area contributed by atoms with Gasteiger partial charge in [-0.25, -0.2) is 0 Å². The molecule has 1 aliphatic carbocycles. The van der Waals surface area contributed by atoms with Crippen molar-refractivity contribution in [3.8, 4) is 0 Å². The van der Waals surface area contributed by atoms with Crippen molar-refractivity contribution in [1.82, 2.24) is 5.32 Å². The van der Waals surface area contributed by atoms with E-state index in [1.807, 2.05) is 12.1 Å². The number of thiophene rings is 1. The number of anilines is 1. The summed E-state index contributed by atoms with van der Waals surface area (Å²) in [5.41, 5.74) is 4.02. The van der Waals surface area contributed by atoms with E-state index < -0.39 is 0 Å². The fourth-order valence-corrected chi connectivity index (χ4v) is 4.96. The van der Waals surface area contributed by atoms with E-state index in [-0.39, 0.29) is 17.2 Å². The summed E-state index contributed by atoms with van der Waals surface area (Å²) in [4.78, 5) is 26.6. The van der Waals surface area contributed by atoms with Gasteiger partial charge in [-0.2, -0.15) is 0 Å². The second-order valence-electron chi connectivity index (χ2n) is 8.86. The molecule has 0 aliphatic heterocycles. The molecule has 1 aromatic heterocycles. The largest absolute Gasteiger partial charge is 0.383 e. The lowest BCUT2D eigenvalue weighted by Crippen LogP contribution is -2.28. The molecule has 0 saturated carbocycles. The minimum Gasteiger partial charge on any atom is -0.383 e. The number of carbonyl (C=O) groups excluding carboxylic acids is 2. The number of hydrogen-bond acceptors (Lipinski definition) is 4. The summed E-state index contributed by atoms with van der Waals surface area (Å²) in [6.07, 6.45) is 7.36. The number of carbonyl (C=O) groups is 2. The molecular formula is C25H32N2O3S. The van der Waals surface area contributed by atoms with E-state index in [0.29, 0.717) is 23.7 Å². The predicted molar refractivity (Wildman–Crippen MR) is 128 cm³/mol. The van der Waals surface area contributed by atoms with Gasteiger partial charge in [-0.15, -0.1) is 11.3 Å². The van der Waals surface area contributed by atoms with Gasteiger partial charge in [0.2, 0.25) is 5.91 Å². The number of rotatable bonds is 7. The SMILES string of the molecule is COCCNC(=O)c1c(NC(=O)C=Cc2ccc(C(C)(C)C)cc2)sc2c1CCCC2. The summed E-state index contributed by atoms with van der Waals surface area (Å²) >= 11 is 1.53. The van der Waals surface area contributed by atoms with Crippen molar-refractivity contribution in [2.75, 3.05) is 25.6 Å². The molecule has 0 saturated heterocycles. The summed E-state index contributed by atoms with van der Waals surface area (Å²) in [5, 5.41) is 6.48. The zero-order valence-electron chi connectivity index (χ0n) is 18.8. The Morgan fingerprint density at radius 1 is 1.13 bits per heavy atom. The summed E-state index contributed by atoms with van der Waals surface area (Å²) in [6, 6.07) is 8.21. The molecule has 0 fully saturated rings. The number of nitrogens with one attached hydrogen (secondary N) is 2. The van der Waals surface area contributed by atoms with Gasteiger partial charge in [-0.3, -0.25) is 9.59 Å². The van der Waals surface area contributed by atoms with Crippen LogP contribution in [0.4, 0.5) is 5.00 Å². The Morgan fingerprint density at radius 2 is 1.84 bits per heavy atom. The van der Waals surface area contributed by atoms with Crippen LogP contribution < -0.4 is 10.6 Å². The maximum atomic E-state index is 12.8. The van der Waals surface area contributed by atoms with Gasteiger partial charge in [-0.05, 0) is 53.9 Å². The summed E-state index contributed by atoms with van der Waals surface area (Å²) < 4.78 is 5.03. The molecule has 0 spiro atoms. The van der Waals surface area contributed by atoms with Crippen LogP contribution in [0.15, 0.2) is 30.3 Å². The van der Waals surface area contributed by atoms with Crippen molar-refractivity contribution in [1.29, 1.82) is 0 Å². The van der Waals surface area contributed by atoms with Gasteiger partial charge >= 0.3 is 0 Å². The van der Waals surface area contributed by atoms with Crippen LogP contribution >= 0.6 is 11.3 Å². The smallest absolute Gasteiger partial charge is 0.254 e. The zero-order chi connectivity index (χ0) is 22.4. The number of benzene rings is 1. The lowest BCUT2D eigenvalue weighted by molar-refractivity contribution is -0.111. The number of fused-ring (bicyclic) bond motifs is 1. The standard InChI is InChI=1S/C25H32N2O3S/c1-25(2,3)18-12-9-17(10-13-18)11-14-21(28)27-24-22(23(29)26-15-16-30-4)19-7-5-6-8-20(19)31-24/h9-14H,5-8,15-16H2,1-4H3,(H,26,29)(H,27,28). The van der Waals surface area contributed by atoms with Gasteiger partial charge in [-0.1, -0.05) is 45.0 Å². The van der Waals surface area contributed by atoms with Gasteiger partial charge in [0.1, 0.15) is 5.00 Å². The Hall–Kier alpha value is -2.44. The maximum absolute atomic E-state index is 12.8. The van der Waals surface area contributed by atoms with Crippen LogP contribution in [0.25, 0.3) is 6.08 Å². The van der Waals surface area contributed by atoms with Crippen molar-refractivity contribution < 1.29 is 14.3 Å². The molecular weight excluding hydrogens is 408 g/mol. The monoisotopic (exact) mass is 440 g/mol. The van der Waals surface area contributed by atoms with Crippen LogP contribution in [0.1, 0.15) is 65.5 Å². The number of methoxy groups -OCH3 is 1. The Labute approximate surface area is 188 Å². The van der Waals surface area contributed by atoms with Crippen LogP contribution in [-0.4, -0.2) is 32.1 Å². The van der Waals surface area contributed by atoms with Gasteiger partial charge in [0.25, 0.3) is 5.91 Å². The molecule has 2 N–H and O–H groups in total. The molecule has 2 amide bonds. The fraction of sp³-hybridized carbons (Fsp3) is 0.440. The third-order valence-corrected chi connectivity index (χ3v) is 6.64. The molecule has 0 atom stereocenters. The van der Waals surface area contributed by atoms with Crippen LogP contribution in [-0.2, 0) is 27.8 Å². The lowest BCUT2D eigenvalue weighted by atomic mass is 9.87. The minimum absolute atomic E-state index is 0.0954. The Morgan fingerprint density at radius 3 is 2.52 bits per heavy atom. The Kier molecular flexibility index (Phi) is 7.68.